The van der Waals surface area contributed by atoms with Crippen molar-refractivity contribution < 1.29 is 14.0 Å². The van der Waals surface area contributed by atoms with Gasteiger partial charge in [0.15, 0.2) is 16.7 Å². The molecule has 0 spiro atoms. The normalized spacial score (nSPS) is 10.7. The summed E-state index contributed by atoms with van der Waals surface area (Å²) in [5.41, 5.74) is 0. The van der Waals surface area contributed by atoms with E-state index in [1.807, 2.05) is 0 Å². The van der Waals surface area contributed by atoms with Crippen molar-refractivity contribution in [2.75, 3.05) is 5.75 Å². The van der Waals surface area contributed by atoms with Gasteiger partial charge in [0, 0.05) is 7.05 Å². The molecule has 3 aromatic heterocycles. The molecule has 118 valence electrons. The van der Waals surface area contributed by atoms with Gasteiger partial charge < -0.3 is 8.98 Å². The number of imide groups is 1. The highest BCUT2D eigenvalue weighted by Crippen LogP contribution is 2.22. The highest BCUT2D eigenvalue weighted by atomic mass is 32.2. The molecule has 3 aromatic rings. The third-order valence-corrected chi connectivity index (χ3v) is 4.80. The summed E-state index contributed by atoms with van der Waals surface area (Å²) in [6.45, 7) is 0. The lowest BCUT2D eigenvalue weighted by Crippen LogP contribution is -2.31. The molecule has 7 nitrogen and oxygen atoms in total. The number of thioether (sulfide) groups is 1. The van der Waals surface area contributed by atoms with Gasteiger partial charge in [-0.15, -0.1) is 21.5 Å². The Balaban J connectivity index is 1.58. The van der Waals surface area contributed by atoms with Crippen molar-refractivity contribution in [1.29, 1.82) is 0 Å². The van der Waals surface area contributed by atoms with Gasteiger partial charge in [0.25, 0.3) is 5.91 Å². The summed E-state index contributed by atoms with van der Waals surface area (Å²) < 4.78 is 7.01. The zero-order valence-corrected chi connectivity index (χ0v) is 13.7. The van der Waals surface area contributed by atoms with Gasteiger partial charge >= 0.3 is 0 Å². The molecule has 0 radical (unpaired) electrons. The van der Waals surface area contributed by atoms with Gasteiger partial charge in [0.1, 0.15) is 0 Å². The van der Waals surface area contributed by atoms with Gasteiger partial charge in [-0.1, -0.05) is 17.8 Å². The number of thiophene rings is 1. The van der Waals surface area contributed by atoms with Crippen LogP contribution in [0, 0.1) is 0 Å². The van der Waals surface area contributed by atoms with Crippen LogP contribution < -0.4 is 5.32 Å². The molecule has 0 aromatic carbocycles. The first-order valence-electron chi connectivity index (χ1n) is 6.59. The lowest BCUT2D eigenvalue weighted by molar-refractivity contribution is -0.117. The van der Waals surface area contributed by atoms with Gasteiger partial charge in [-0.2, -0.15) is 0 Å². The zero-order valence-electron chi connectivity index (χ0n) is 12.1. The van der Waals surface area contributed by atoms with Crippen molar-refractivity contribution in [3.05, 3.63) is 40.8 Å². The molecule has 0 aliphatic heterocycles. The summed E-state index contributed by atoms with van der Waals surface area (Å²) in [6.07, 6.45) is 1.56. The molecule has 0 bridgehead atoms. The van der Waals surface area contributed by atoms with Gasteiger partial charge in [-0.05, 0) is 23.6 Å². The monoisotopic (exact) mass is 348 g/mol. The van der Waals surface area contributed by atoms with Gasteiger partial charge in [0.2, 0.25) is 5.91 Å². The Morgan fingerprint density at radius 1 is 1.35 bits per heavy atom. The summed E-state index contributed by atoms with van der Waals surface area (Å²) >= 11 is 2.48. The lowest BCUT2D eigenvalue weighted by atomic mass is 10.4. The summed E-state index contributed by atoms with van der Waals surface area (Å²) in [6, 6.07) is 6.97. The maximum absolute atomic E-state index is 11.8. The number of aromatic nitrogens is 3. The first kappa shape index (κ1) is 15.5. The summed E-state index contributed by atoms with van der Waals surface area (Å²) in [7, 11) is 1.79. The Morgan fingerprint density at radius 2 is 2.22 bits per heavy atom. The summed E-state index contributed by atoms with van der Waals surface area (Å²) in [4.78, 5) is 24.1. The van der Waals surface area contributed by atoms with E-state index in [9.17, 15) is 9.59 Å². The topological polar surface area (TPSA) is 90.0 Å². The predicted octanol–water partition coefficient (Wildman–Crippen LogP) is 2.19. The van der Waals surface area contributed by atoms with Crippen molar-refractivity contribution in [1.82, 2.24) is 20.1 Å². The minimum atomic E-state index is -0.389. The van der Waals surface area contributed by atoms with Crippen LogP contribution in [0.5, 0.6) is 0 Å². The second kappa shape index (κ2) is 6.80. The first-order chi connectivity index (χ1) is 11.1. The van der Waals surface area contributed by atoms with Crippen molar-refractivity contribution in [3.8, 4) is 11.6 Å². The Morgan fingerprint density at radius 3 is 2.91 bits per heavy atom. The highest BCUT2D eigenvalue weighted by Gasteiger charge is 2.16. The molecular weight excluding hydrogens is 336 g/mol. The molecular formula is C14H12N4O3S2. The fraction of sp³-hybridized carbons (Fsp3) is 0.143. The maximum atomic E-state index is 11.8. The van der Waals surface area contributed by atoms with Crippen molar-refractivity contribution in [2.24, 2.45) is 7.05 Å². The number of hydrogen-bond acceptors (Lipinski definition) is 7. The van der Waals surface area contributed by atoms with Crippen LogP contribution in [0.4, 0.5) is 0 Å². The summed E-state index contributed by atoms with van der Waals surface area (Å²) in [5.74, 6) is 0.480. The van der Waals surface area contributed by atoms with Crippen molar-refractivity contribution >= 4 is 34.9 Å². The quantitative estimate of drug-likeness (QED) is 0.711. The number of hydrogen-bond donors (Lipinski definition) is 1. The van der Waals surface area contributed by atoms with E-state index in [1.165, 1.54) is 23.1 Å². The molecule has 0 fully saturated rings. The first-order valence-corrected chi connectivity index (χ1v) is 8.45. The van der Waals surface area contributed by atoms with Gasteiger partial charge in [-0.3, -0.25) is 14.9 Å². The fourth-order valence-electron chi connectivity index (χ4n) is 1.82. The minimum absolute atomic E-state index is 0.0707. The number of carbonyl (C=O) groups excluding carboxylic acids is 2. The minimum Gasteiger partial charge on any atom is -0.461 e. The average Bonchev–Trinajstić information content (AvgIpc) is 3.27. The Kier molecular flexibility index (Phi) is 4.58. The molecule has 0 unspecified atom stereocenters. The molecule has 3 heterocycles. The molecule has 9 heteroatoms. The highest BCUT2D eigenvalue weighted by molar-refractivity contribution is 7.99. The van der Waals surface area contributed by atoms with E-state index in [2.05, 4.69) is 15.5 Å². The van der Waals surface area contributed by atoms with E-state index < -0.39 is 0 Å². The van der Waals surface area contributed by atoms with Crippen molar-refractivity contribution in [3.63, 3.8) is 0 Å². The number of rotatable bonds is 5. The van der Waals surface area contributed by atoms with Crippen LogP contribution in [-0.4, -0.2) is 32.3 Å². The number of furan rings is 1. The van der Waals surface area contributed by atoms with E-state index >= 15 is 0 Å². The van der Waals surface area contributed by atoms with Gasteiger partial charge in [-0.25, -0.2) is 0 Å². The molecule has 3 rings (SSSR count). The average molecular weight is 348 g/mol. The van der Waals surface area contributed by atoms with E-state index in [0.717, 1.165) is 0 Å². The second-order valence-electron chi connectivity index (χ2n) is 4.49. The van der Waals surface area contributed by atoms with E-state index in [-0.39, 0.29) is 17.6 Å². The van der Waals surface area contributed by atoms with E-state index in [0.29, 0.717) is 21.6 Å². The van der Waals surface area contributed by atoms with Crippen LogP contribution in [-0.2, 0) is 11.8 Å². The Hall–Kier alpha value is -2.39. The molecule has 0 saturated heterocycles. The molecule has 1 N–H and O–H groups in total. The third kappa shape index (κ3) is 3.51. The molecule has 0 aliphatic rings. The van der Waals surface area contributed by atoms with Crippen LogP contribution >= 0.6 is 23.1 Å². The lowest BCUT2D eigenvalue weighted by Gasteiger charge is -2.03. The van der Waals surface area contributed by atoms with Gasteiger partial charge in [0.05, 0.1) is 16.9 Å². The molecule has 0 saturated carbocycles. The summed E-state index contributed by atoms with van der Waals surface area (Å²) in [5, 5.41) is 12.8. The fourth-order valence-corrected chi connectivity index (χ4v) is 3.15. The SMILES string of the molecule is Cn1c(SCC(=O)NC(=O)c2cccs2)nnc1-c1ccco1. The van der Waals surface area contributed by atoms with Crippen molar-refractivity contribution in [2.45, 2.75) is 5.16 Å². The smallest absolute Gasteiger partial charge is 0.267 e. The van der Waals surface area contributed by atoms with Crippen LogP contribution in [0.25, 0.3) is 11.6 Å². The Labute approximate surface area is 139 Å². The van der Waals surface area contributed by atoms with Crippen LogP contribution in [0.2, 0.25) is 0 Å². The second-order valence-corrected chi connectivity index (χ2v) is 6.38. The maximum Gasteiger partial charge on any atom is 0.267 e. The molecule has 23 heavy (non-hydrogen) atoms. The Bertz CT molecular complexity index is 809. The zero-order chi connectivity index (χ0) is 16.2. The third-order valence-electron chi connectivity index (χ3n) is 2.91. The number of carbonyl (C=O) groups is 2. The van der Waals surface area contributed by atoms with Crippen LogP contribution in [0.1, 0.15) is 9.67 Å². The molecule has 0 atom stereocenters. The van der Waals surface area contributed by atoms with Crippen LogP contribution in [0.3, 0.4) is 0 Å². The van der Waals surface area contributed by atoms with Crippen LogP contribution in [0.15, 0.2) is 45.5 Å². The van der Waals surface area contributed by atoms with E-state index in [4.69, 9.17) is 4.42 Å². The van der Waals surface area contributed by atoms with E-state index in [1.54, 1.807) is 47.5 Å². The number of amides is 2. The largest absolute Gasteiger partial charge is 0.461 e. The predicted molar refractivity (Wildman–Crippen MR) is 86.2 cm³/mol. The number of nitrogens with one attached hydrogen (secondary N) is 1. The molecule has 0 aliphatic carbocycles. The molecule has 2 amide bonds. The standard InChI is InChI=1S/C14H12N4O3S2/c1-18-12(9-4-2-6-21-9)16-17-14(18)23-8-11(19)15-13(20)10-5-3-7-22-10/h2-7H,8H2,1H3,(H,15,19,20). The number of nitrogens with zero attached hydrogens (tertiary/aromatic N) is 3.